The van der Waals surface area contributed by atoms with Gasteiger partial charge in [0.05, 0.1) is 24.1 Å². The minimum absolute atomic E-state index is 0.124. The molecule has 1 unspecified atom stereocenters. The molecule has 10 heteroatoms. The molecule has 1 heterocycles. The topological polar surface area (TPSA) is 98.1 Å². The van der Waals surface area contributed by atoms with E-state index in [1.54, 1.807) is 39.0 Å². The predicted molar refractivity (Wildman–Crippen MR) is 128 cm³/mol. The van der Waals surface area contributed by atoms with Crippen LogP contribution in [0.5, 0.6) is 0 Å². The average Bonchev–Trinajstić information content (AvgIpc) is 3.16. The van der Waals surface area contributed by atoms with Gasteiger partial charge in [-0.05, 0) is 51.0 Å². The van der Waals surface area contributed by atoms with Crippen molar-refractivity contribution in [3.8, 4) is 5.69 Å². The number of amides is 1. The van der Waals surface area contributed by atoms with Crippen LogP contribution >= 0.6 is 23.2 Å². The molecule has 0 radical (unpaired) electrons. The molecule has 0 saturated carbocycles. The van der Waals surface area contributed by atoms with Gasteiger partial charge in [-0.15, -0.1) is 5.10 Å². The Labute approximate surface area is 202 Å². The summed E-state index contributed by atoms with van der Waals surface area (Å²) in [7, 11) is 0. The number of anilines is 1. The summed E-state index contributed by atoms with van der Waals surface area (Å²) in [6.45, 7) is 5.28. The Hall–Kier alpha value is -2.94. The molecule has 1 amide bonds. The highest BCUT2D eigenvalue weighted by Crippen LogP contribution is 2.24. The summed E-state index contributed by atoms with van der Waals surface area (Å²) in [5.41, 5.74) is 1.26. The highest BCUT2D eigenvalue weighted by Gasteiger charge is 2.26. The fraction of sp³-hybridized carbons (Fsp3) is 0.304. The largest absolute Gasteiger partial charge is 0.459 e. The van der Waals surface area contributed by atoms with Gasteiger partial charge in [0.25, 0.3) is 0 Å². The molecular formula is C23H25Cl2N5O3. The van der Waals surface area contributed by atoms with Crippen LogP contribution in [-0.2, 0) is 20.7 Å². The molecule has 33 heavy (non-hydrogen) atoms. The van der Waals surface area contributed by atoms with Crippen LogP contribution in [0.2, 0.25) is 10.2 Å². The maximum atomic E-state index is 12.8. The molecule has 2 aromatic carbocycles. The van der Waals surface area contributed by atoms with Gasteiger partial charge in [0.1, 0.15) is 11.6 Å². The van der Waals surface area contributed by atoms with Crippen molar-refractivity contribution in [2.24, 2.45) is 0 Å². The van der Waals surface area contributed by atoms with E-state index in [1.165, 1.54) is 10.9 Å². The maximum Gasteiger partial charge on any atom is 0.324 e. The number of hydrogen-bond donors (Lipinski definition) is 2. The normalized spacial score (nSPS) is 12.3. The maximum absolute atomic E-state index is 12.8. The molecule has 1 atom stereocenters. The van der Waals surface area contributed by atoms with E-state index in [0.29, 0.717) is 22.8 Å². The number of ether oxygens (including phenoxy) is 1. The summed E-state index contributed by atoms with van der Waals surface area (Å²) in [4.78, 5) is 25.5. The van der Waals surface area contributed by atoms with E-state index in [0.717, 1.165) is 5.56 Å². The van der Waals surface area contributed by atoms with Crippen LogP contribution in [-0.4, -0.2) is 45.1 Å². The van der Waals surface area contributed by atoms with E-state index in [9.17, 15) is 9.59 Å². The number of benzene rings is 2. The van der Waals surface area contributed by atoms with Crippen molar-refractivity contribution in [1.29, 1.82) is 0 Å². The Morgan fingerprint density at radius 1 is 1.12 bits per heavy atom. The Kier molecular flexibility index (Phi) is 8.07. The van der Waals surface area contributed by atoms with Gasteiger partial charge in [0.15, 0.2) is 5.15 Å². The van der Waals surface area contributed by atoms with E-state index in [1.807, 2.05) is 30.3 Å². The lowest BCUT2D eigenvalue weighted by molar-refractivity contribution is -0.157. The van der Waals surface area contributed by atoms with Crippen LogP contribution in [0.15, 0.2) is 54.7 Å². The van der Waals surface area contributed by atoms with Crippen LogP contribution in [0, 0.1) is 0 Å². The van der Waals surface area contributed by atoms with Crippen molar-refractivity contribution in [1.82, 2.24) is 20.3 Å². The van der Waals surface area contributed by atoms with Crippen LogP contribution in [0.25, 0.3) is 5.69 Å². The summed E-state index contributed by atoms with van der Waals surface area (Å²) in [5, 5.41) is 14.1. The van der Waals surface area contributed by atoms with Crippen molar-refractivity contribution < 1.29 is 14.3 Å². The predicted octanol–water partition coefficient (Wildman–Crippen LogP) is 4.06. The van der Waals surface area contributed by atoms with Gasteiger partial charge < -0.3 is 10.1 Å². The van der Waals surface area contributed by atoms with Gasteiger partial charge in [-0.3, -0.25) is 14.9 Å². The standard InChI is InChI=1S/C23H25Cl2N5O3/c1-23(2,3)33-22(32)18(11-15-7-5-4-6-8-15)26-13-21(31)27-17-12-16(24)9-10-19(17)30-14-20(25)28-29-30/h4-10,12,14,18,26H,11,13H2,1-3H3,(H,27,31). The number of hydrogen-bond acceptors (Lipinski definition) is 6. The van der Waals surface area contributed by atoms with Crippen LogP contribution in [0.4, 0.5) is 5.69 Å². The quantitative estimate of drug-likeness (QED) is 0.463. The SMILES string of the molecule is CC(C)(C)OC(=O)C(Cc1ccccc1)NCC(=O)Nc1cc(Cl)ccc1-n1cc(Cl)nn1. The van der Waals surface area contributed by atoms with Crippen LogP contribution < -0.4 is 10.6 Å². The number of halogens is 2. The second kappa shape index (κ2) is 10.8. The molecule has 174 valence electrons. The lowest BCUT2D eigenvalue weighted by atomic mass is 10.1. The Balaban J connectivity index is 1.71. The van der Waals surface area contributed by atoms with E-state index in [-0.39, 0.29) is 17.6 Å². The van der Waals surface area contributed by atoms with Crippen molar-refractivity contribution in [2.75, 3.05) is 11.9 Å². The van der Waals surface area contributed by atoms with E-state index < -0.39 is 17.6 Å². The summed E-state index contributed by atoms with van der Waals surface area (Å²) < 4.78 is 6.97. The average molecular weight is 490 g/mol. The Bertz CT molecular complexity index is 1110. The number of rotatable bonds is 8. The van der Waals surface area contributed by atoms with Gasteiger partial charge in [-0.1, -0.05) is 58.7 Å². The molecule has 8 nitrogen and oxygen atoms in total. The number of nitrogens with zero attached hydrogens (tertiary/aromatic N) is 3. The molecule has 3 aromatic rings. The summed E-state index contributed by atoms with van der Waals surface area (Å²) in [6.07, 6.45) is 1.89. The first kappa shape index (κ1) is 24.7. The minimum Gasteiger partial charge on any atom is -0.459 e. The Morgan fingerprint density at radius 3 is 2.48 bits per heavy atom. The van der Waals surface area contributed by atoms with Gasteiger partial charge in [0, 0.05) is 5.02 Å². The first-order valence-electron chi connectivity index (χ1n) is 10.3. The number of carbonyl (C=O) groups is 2. The summed E-state index contributed by atoms with van der Waals surface area (Å²) in [6, 6.07) is 13.8. The molecule has 0 aliphatic rings. The highest BCUT2D eigenvalue weighted by atomic mass is 35.5. The third-order valence-corrected chi connectivity index (χ3v) is 4.84. The zero-order valence-electron chi connectivity index (χ0n) is 18.5. The monoisotopic (exact) mass is 489 g/mol. The first-order valence-corrected chi connectivity index (χ1v) is 11.0. The second-order valence-corrected chi connectivity index (χ2v) is 9.18. The van der Waals surface area contributed by atoms with E-state index in [4.69, 9.17) is 27.9 Å². The lowest BCUT2D eigenvalue weighted by Gasteiger charge is -2.24. The molecule has 0 saturated heterocycles. The van der Waals surface area contributed by atoms with Crippen molar-refractivity contribution in [2.45, 2.75) is 38.8 Å². The fourth-order valence-corrected chi connectivity index (χ4v) is 3.34. The summed E-state index contributed by atoms with van der Waals surface area (Å²) >= 11 is 12.0. The molecule has 0 aliphatic heterocycles. The number of aromatic nitrogens is 3. The second-order valence-electron chi connectivity index (χ2n) is 8.35. The van der Waals surface area contributed by atoms with Crippen molar-refractivity contribution >= 4 is 40.8 Å². The Morgan fingerprint density at radius 2 is 1.85 bits per heavy atom. The van der Waals surface area contributed by atoms with Crippen molar-refractivity contribution in [3.63, 3.8) is 0 Å². The molecule has 0 aliphatic carbocycles. The van der Waals surface area contributed by atoms with Crippen molar-refractivity contribution in [3.05, 3.63) is 70.5 Å². The zero-order valence-corrected chi connectivity index (χ0v) is 20.0. The number of esters is 1. The minimum atomic E-state index is -0.703. The lowest BCUT2D eigenvalue weighted by Crippen LogP contribution is -2.45. The molecule has 0 spiro atoms. The van der Waals surface area contributed by atoms with Gasteiger partial charge in [-0.25, -0.2) is 4.68 Å². The summed E-state index contributed by atoms with van der Waals surface area (Å²) in [5.74, 6) is -0.800. The van der Waals surface area contributed by atoms with Gasteiger partial charge >= 0.3 is 5.97 Å². The van der Waals surface area contributed by atoms with Gasteiger partial charge in [0.2, 0.25) is 5.91 Å². The fourth-order valence-electron chi connectivity index (χ4n) is 3.04. The number of carbonyl (C=O) groups excluding carboxylic acids is 2. The highest BCUT2D eigenvalue weighted by molar-refractivity contribution is 6.31. The number of nitrogens with one attached hydrogen (secondary N) is 2. The molecule has 1 aromatic heterocycles. The van der Waals surface area contributed by atoms with E-state index >= 15 is 0 Å². The van der Waals surface area contributed by atoms with Crippen LogP contribution in [0.1, 0.15) is 26.3 Å². The van der Waals surface area contributed by atoms with E-state index in [2.05, 4.69) is 20.9 Å². The molecule has 0 bridgehead atoms. The molecular weight excluding hydrogens is 465 g/mol. The first-order chi connectivity index (χ1) is 15.6. The molecule has 2 N–H and O–H groups in total. The third-order valence-electron chi connectivity index (χ3n) is 4.43. The smallest absolute Gasteiger partial charge is 0.324 e. The zero-order chi connectivity index (χ0) is 24.0. The molecule has 3 rings (SSSR count). The third kappa shape index (κ3) is 7.56. The van der Waals surface area contributed by atoms with Crippen LogP contribution in [0.3, 0.4) is 0 Å². The van der Waals surface area contributed by atoms with Gasteiger partial charge in [-0.2, -0.15) is 0 Å². The molecule has 0 fully saturated rings.